The van der Waals surface area contributed by atoms with Crippen LogP contribution in [0.3, 0.4) is 0 Å². The predicted octanol–water partition coefficient (Wildman–Crippen LogP) is 1.46. The van der Waals surface area contributed by atoms with Crippen LogP contribution in [-0.4, -0.2) is 52.4 Å². The minimum atomic E-state index is -0.200. The van der Waals surface area contributed by atoms with Gasteiger partial charge in [0.25, 0.3) is 5.56 Å². The van der Waals surface area contributed by atoms with Gasteiger partial charge in [0.05, 0.1) is 24.5 Å². The van der Waals surface area contributed by atoms with Gasteiger partial charge in [0.2, 0.25) is 11.8 Å². The zero-order valence-corrected chi connectivity index (χ0v) is 19.0. The smallest absolute Gasteiger partial charge is 0.273 e. The Bertz CT molecular complexity index is 1320. The second-order valence-electron chi connectivity index (χ2n) is 8.95. The first-order valence-corrected chi connectivity index (χ1v) is 11.1. The molecule has 1 saturated heterocycles. The lowest BCUT2D eigenvalue weighted by atomic mass is 9.94. The molecule has 0 bridgehead atoms. The first kappa shape index (κ1) is 21.4. The molecule has 2 aromatic heterocycles. The minimum Gasteiger partial charge on any atom is -0.370 e. The van der Waals surface area contributed by atoms with Crippen molar-refractivity contribution in [2.75, 3.05) is 24.7 Å². The van der Waals surface area contributed by atoms with Crippen LogP contribution in [0.15, 0.2) is 29.1 Å². The third-order valence-corrected chi connectivity index (χ3v) is 6.76. The maximum absolute atomic E-state index is 13.5. The van der Waals surface area contributed by atoms with E-state index < -0.39 is 0 Å². The van der Waals surface area contributed by atoms with Gasteiger partial charge < -0.3 is 15.0 Å². The van der Waals surface area contributed by atoms with Crippen molar-refractivity contribution in [2.45, 2.75) is 38.6 Å². The Hall–Kier alpha value is -3.46. The molecule has 172 valence electrons. The van der Waals surface area contributed by atoms with Crippen molar-refractivity contribution in [3.05, 3.63) is 57.0 Å². The van der Waals surface area contributed by atoms with Crippen LogP contribution in [0.25, 0.3) is 11.0 Å². The number of hydrogen-bond acceptors (Lipinski definition) is 5. The van der Waals surface area contributed by atoms with Gasteiger partial charge in [-0.2, -0.15) is 0 Å². The fraction of sp³-hybridized carbons (Fsp3) is 0.417. The summed E-state index contributed by atoms with van der Waals surface area (Å²) in [5.41, 5.74) is 4.72. The molecule has 3 aromatic rings. The first-order chi connectivity index (χ1) is 15.8. The van der Waals surface area contributed by atoms with Gasteiger partial charge in [0, 0.05) is 30.9 Å². The Morgan fingerprint density at radius 2 is 2.03 bits per heavy atom. The predicted molar refractivity (Wildman–Crippen MR) is 123 cm³/mol. The number of amides is 2. The van der Waals surface area contributed by atoms with E-state index in [9.17, 15) is 14.4 Å². The number of carbonyl (C=O) groups excluding carboxylic acids is 2. The molecule has 2 unspecified atom stereocenters. The van der Waals surface area contributed by atoms with E-state index in [0.29, 0.717) is 30.6 Å². The maximum atomic E-state index is 13.5. The number of aromatic amines is 1. The number of ether oxygens (including phenoxy) is 1. The third-order valence-electron chi connectivity index (χ3n) is 6.76. The average molecular weight is 450 g/mol. The van der Waals surface area contributed by atoms with E-state index in [4.69, 9.17) is 4.74 Å². The van der Waals surface area contributed by atoms with Gasteiger partial charge in [-0.05, 0) is 43.0 Å². The van der Waals surface area contributed by atoms with Gasteiger partial charge in [0.1, 0.15) is 6.61 Å². The molecule has 2 amide bonds. The number of rotatable bonds is 4. The van der Waals surface area contributed by atoms with E-state index >= 15 is 0 Å². The molecule has 0 radical (unpaired) electrons. The topological polar surface area (TPSA) is 109 Å². The number of benzene rings is 1. The number of H-pyrrole nitrogens is 1. The lowest BCUT2D eigenvalue weighted by Gasteiger charge is -2.26. The molecule has 9 nitrogen and oxygen atoms in total. The Morgan fingerprint density at radius 3 is 2.82 bits per heavy atom. The minimum absolute atomic E-state index is 0.0337. The second kappa shape index (κ2) is 8.15. The van der Waals surface area contributed by atoms with Crippen LogP contribution in [0, 0.1) is 13.8 Å². The highest BCUT2D eigenvalue weighted by Crippen LogP contribution is 2.39. The molecule has 1 fully saturated rings. The fourth-order valence-corrected chi connectivity index (χ4v) is 5.16. The van der Waals surface area contributed by atoms with Crippen LogP contribution in [0.5, 0.6) is 0 Å². The van der Waals surface area contributed by atoms with Gasteiger partial charge in [-0.3, -0.25) is 24.2 Å². The number of fused-ring (bicyclic) bond motifs is 2. The summed E-state index contributed by atoms with van der Waals surface area (Å²) >= 11 is 0. The molecular formula is C24H27N5O4. The highest BCUT2D eigenvalue weighted by Gasteiger charge is 2.35. The summed E-state index contributed by atoms with van der Waals surface area (Å²) in [4.78, 5) is 44.0. The lowest BCUT2D eigenvalue weighted by molar-refractivity contribution is -0.131. The molecule has 0 spiro atoms. The molecular weight excluding hydrogens is 422 g/mol. The van der Waals surface area contributed by atoms with E-state index in [1.807, 2.05) is 43.0 Å². The second-order valence-corrected chi connectivity index (χ2v) is 8.95. The summed E-state index contributed by atoms with van der Waals surface area (Å²) in [6.45, 7) is 4.88. The number of pyridine rings is 1. The number of para-hydroxylation sites is 1. The number of anilines is 1. The van der Waals surface area contributed by atoms with Gasteiger partial charge in [0.15, 0.2) is 5.65 Å². The molecule has 0 aliphatic carbocycles. The van der Waals surface area contributed by atoms with Crippen LogP contribution in [0.1, 0.15) is 34.7 Å². The molecule has 2 atom stereocenters. The largest absolute Gasteiger partial charge is 0.370 e. The summed E-state index contributed by atoms with van der Waals surface area (Å²) in [6, 6.07) is 7.85. The molecule has 9 heteroatoms. The summed E-state index contributed by atoms with van der Waals surface area (Å²) in [5, 5.41) is 6.26. The van der Waals surface area contributed by atoms with E-state index in [1.165, 1.54) is 0 Å². The number of morpholine rings is 1. The Labute approximate surface area is 190 Å². The van der Waals surface area contributed by atoms with E-state index in [-0.39, 0.29) is 42.4 Å². The van der Waals surface area contributed by atoms with Crippen LogP contribution in [-0.2, 0) is 27.8 Å². The number of aryl methyl sites for hydroxylation is 3. The van der Waals surface area contributed by atoms with Crippen molar-refractivity contribution in [2.24, 2.45) is 7.05 Å². The van der Waals surface area contributed by atoms with E-state index in [2.05, 4.69) is 15.4 Å². The Morgan fingerprint density at radius 1 is 1.24 bits per heavy atom. The highest BCUT2D eigenvalue weighted by atomic mass is 16.5. The van der Waals surface area contributed by atoms with Crippen LogP contribution in [0.2, 0.25) is 0 Å². The van der Waals surface area contributed by atoms with Gasteiger partial charge in [-0.15, -0.1) is 0 Å². The van der Waals surface area contributed by atoms with Gasteiger partial charge >= 0.3 is 0 Å². The molecule has 2 N–H and O–H groups in total. The highest BCUT2D eigenvalue weighted by molar-refractivity contribution is 5.98. The molecule has 2 aliphatic rings. The Kier molecular flexibility index (Phi) is 5.28. The lowest BCUT2D eigenvalue weighted by Crippen LogP contribution is -2.46. The van der Waals surface area contributed by atoms with Crippen LogP contribution in [0.4, 0.5) is 5.69 Å². The molecule has 2 aliphatic heterocycles. The van der Waals surface area contributed by atoms with E-state index in [0.717, 1.165) is 28.1 Å². The van der Waals surface area contributed by atoms with E-state index in [1.54, 1.807) is 11.7 Å². The number of aromatic nitrogens is 3. The van der Waals surface area contributed by atoms with Crippen molar-refractivity contribution in [3.8, 4) is 0 Å². The zero-order chi connectivity index (χ0) is 23.3. The van der Waals surface area contributed by atoms with Gasteiger partial charge in [-0.1, -0.05) is 18.2 Å². The summed E-state index contributed by atoms with van der Waals surface area (Å²) in [7, 11) is 1.75. The number of nitrogens with one attached hydrogen (secondary N) is 2. The zero-order valence-electron chi connectivity index (χ0n) is 19.0. The molecule has 1 aromatic carbocycles. The SMILES string of the molecule is Cc1nc2c(c(C)c1CC(=O)N1CC(CC3COCC(=O)N3)c3ccccc31)c(=O)[nH]n2C. The standard InChI is InChI=1S/C24H27N5O4/c1-13-18(14(2)25-23-22(13)24(32)27-28(23)3)9-21(31)29-10-15(17-6-4-5-7-19(17)29)8-16-11-33-12-20(30)26-16/h4-7,15-16H,8-12H2,1-3H3,(H,26,30)(H,27,32). The summed E-state index contributed by atoms with van der Waals surface area (Å²) in [5.74, 6) is -0.0271. The number of hydrogen-bond donors (Lipinski definition) is 2. The molecule has 0 saturated carbocycles. The molecule has 4 heterocycles. The fourth-order valence-electron chi connectivity index (χ4n) is 5.16. The first-order valence-electron chi connectivity index (χ1n) is 11.1. The summed E-state index contributed by atoms with van der Waals surface area (Å²) < 4.78 is 7.00. The van der Waals surface area contributed by atoms with Crippen molar-refractivity contribution < 1.29 is 14.3 Å². The molecule has 33 heavy (non-hydrogen) atoms. The van der Waals surface area contributed by atoms with Crippen molar-refractivity contribution in [1.82, 2.24) is 20.1 Å². The van der Waals surface area contributed by atoms with Crippen molar-refractivity contribution >= 4 is 28.5 Å². The average Bonchev–Trinajstić information content (AvgIpc) is 3.28. The monoisotopic (exact) mass is 449 g/mol. The number of nitrogens with zero attached hydrogens (tertiary/aromatic N) is 3. The van der Waals surface area contributed by atoms with Crippen molar-refractivity contribution in [3.63, 3.8) is 0 Å². The Balaban J connectivity index is 1.42. The van der Waals surface area contributed by atoms with Crippen LogP contribution < -0.4 is 15.8 Å². The third kappa shape index (κ3) is 3.72. The summed E-state index contributed by atoms with van der Waals surface area (Å²) in [6.07, 6.45) is 0.872. The normalized spacial score (nSPS) is 20.2. The van der Waals surface area contributed by atoms with Crippen LogP contribution >= 0.6 is 0 Å². The maximum Gasteiger partial charge on any atom is 0.273 e. The number of carbonyl (C=O) groups is 2. The quantitative estimate of drug-likeness (QED) is 0.627. The molecule has 5 rings (SSSR count). The van der Waals surface area contributed by atoms with Gasteiger partial charge in [-0.25, -0.2) is 4.98 Å². The van der Waals surface area contributed by atoms with Crippen molar-refractivity contribution in [1.29, 1.82) is 0 Å².